The van der Waals surface area contributed by atoms with Crippen LogP contribution in [0, 0.1) is 0 Å². The topological polar surface area (TPSA) is 71.0 Å². The molecule has 3 aromatic carbocycles. The van der Waals surface area contributed by atoms with Crippen molar-refractivity contribution in [3.63, 3.8) is 0 Å². The number of anilines is 1. The summed E-state index contributed by atoms with van der Waals surface area (Å²) in [6, 6.07) is 26.7. The third-order valence-electron chi connectivity index (χ3n) is 7.31. The minimum atomic E-state index is 0.190. The van der Waals surface area contributed by atoms with Gasteiger partial charge < -0.3 is 19.3 Å². The van der Waals surface area contributed by atoms with Crippen LogP contribution in [0.25, 0.3) is 0 Å². The van der Waals surface area contributed by atoms with E-state index in [0.717, 1.165) is 55.2 Å². The number of hydrogen-bond acceptors (Lipinski definition) is 8. The van der Waals surface area contributed by atoms with E-state index in [1.807, 2.05) is 47.4 Å². The molecule has 1 fully saturated rings. The molecule has 2 aliphatic heterocycles. The molecule has 206 valence electrons. The van der Waals surface area contributed by atoms with Gasteiger partial charge in [0.1, 0.15) is 5.82 Å². The molecular weight excluding hydrogens is 522 g/mol. The van der Waals surface area contributed by atoms with Crippen LogP contribution in [0.5, 0.6) is 11.5 Å². The number of benzene rings is 3. The molecule has 0 saturated carbocycles. The molecule has 0 bridgehead atoms. The summed E-state index contributed by atoms with van der Waals surface area (Å²) in [6.07, 6.45) is 1.15. The predicted octanol–water partition coefficient (Wildman–Crippen LogP) is 4.60. The van der Waals surface area contributed by atoms with E-state index in [1.54, 1.807) is 0 Å². The maximum Gasteiger partial charge on any atom is 0.231 e. The monoisotopic (exact) mass is 555 g/mol. The average molecular weight is 556 g/mol. The molecule has 2 aliphatic rings. The van der Waals surface area contributed by atoms with Crippen molar-refractivity contribution in [1.29, 1.82) is 0 Å². The Hall–Kier alpha value is -3.95. The van der Waals surface area contributed by atoms with Gasteiger partial charge in [-0.2, -0.15) is 4.37 Å². The van der Waals surface area contributed by atoms with E-state index in [2.05, 4.69) is 50.6 Å². The molecule has 0 atom stereocenters. The van der Waals surface area contributed by atoms with E-state index in [4.69, 9.17) is 14.5 Å². The van der Waals surface area contributed by atoms with Crippen molar-refractivity contribution in [3.8, 4) is 11.5 Å². The highest BCUT2D eigenvalue weighted by molar-refractivity contribution is 7.09. The van der Waals surface area contributed by atoms with Crippen molar-refractivity contribution in [2.45, 2.75) is 25.9 Å². The Morgan fingerprint density at radius 3 is 2.35 bits per heavy atom. The summed E-state index contributed by atoms with van der Waals surface area (Å²) in [5.41, 5.74) is 3.57. The van der Waals surface area contributed by atoms with Gasteiger partial charge >= 0.3 is 0 Å². The first-order valence-corrected chi connectivity index (χ1v) is 14.5. The maximum absolute atomic E-state index is 13.2. The molecule has 9 heteroatoms. The molecule has 0 aliphatic carbocycles. The number of aromatic nitrogens is 2. The van der Waals surface area contributed by atoms with Gasteiger partial charge in [-0.25, -0.2) is 4.98 Å². The van der Waals surface area contributed by atoms with Gasteiger partial charge in [0, 0.05) is 70.2 Å². The van der Waals surface area contributed by atoms with Gasteiger partial charge in [0.05, 0.1) is 0 Å². The number of nitrogens with zero attached hydrogens (tertiary/aromatic N) is 5. The fourth-order valence-electron chi connectivity index (χ4n) is 5.11. The molecule has 1 aromatic heterocycles. The normalized spacial score (nSPS) is 14.8. The Bertz CT molecular complexity index is 1410. The second-order valence-corrected chi connectivity index (χ2v) is 10.9. The highest BCUT2D eigenvalue weighted by atomic mass is 32.1. The zero-order valence-corrected chi connectivity index (χ0v) is 23.3. The summed E-state index contributed by atoms with van der Waals surface area (Å²) in [7, 11) is 0. The quantitative estimate of drug-likeness (QED) is 0.283. The van der Waals surface area contributed by atoms with Gasteiger partial charge in [-0.05, 0) is 28.8 Å². The van der Waals surface area contributed by atoms with E-state index in [1.165, 1.54) is 28.2 Å². The Balaban J connectivity index is 1.04. The SMILES string of the molecule is O=C(CCN(Cc1ccccc1)c1nc(Cc2ccccc2)ns1)N1CCN(Cc2ccc3c(c2)OCO3)CC1. The summed E-state index contributed by atoms with van der Waals surface area (Å²) in [5.74, 6) is 2.62. The molecule has 0 radical (unpaired) electrons. The number of ether oxygens (including phenoxy) is 2. The van der Waals surface area contributed by atoms with Gasteiger partial charge in [-0.15, -0.1) is 0 Å². The van der Waals surface area contributed by atoms with E-state index >= 15 is 0 Å². The standard InChI is InChI=1S/C31H33N5O3S/c37-30(35-17-15-34(16-18-35)21-26-11-12-27-28(19-26)39-23-38-27)13-14-36(22-25-9-5-2-6-10-25)31-32-29(33-40-31)20-24-7-3-1-4-8-24/h1-12,19H,13-18,20-23H2. The molecule has 8 nitrogen and oxygen atoms in total. The maximum atomic E-state index is 13.2. The van der Waals surface area contributed by atoms with Gasteiger partial charge in [-0.3, -0.25) is 9.69 Å². The lowest BCUT2D eigenvalue weighted by Gasteiger charge is -2.35. The van der Waals surface area contributed by atoms with Gasteiger partial charge in [0.15, 0.2) is 11.5 Å². The molecule has 0 N–H and O–H groups in total. The van der Waals surface area contributed by atoms with Gasteiger partial charge in [-0.1, -0.05) is 66.7 Å². The molecule has 6 rings (SSSR count). The van der Waals surface area contributed by atoms with Crippen molar-refractivity contribution >= 4 is 22.6 Å². The fourth-order valence-corrected chi connectivity index (χ4v) is 5.82. The van der Waals surface area contributed by atoms with Crippen LogP contribution in [0.4, 0.5) is 5.13 Å². The smallest absolute Gasteiger partial charge is 0.231 e. The Kier molecular flexibility index (Phi) is 8.20. The number of carbonyl (C=O) groups excluding carboxylic acids is 1. The lowest BCUT2D eigenvalue weighted by molar-refractivity contribution is -0.132. The minimum Gasteiger partial charge on any atom is -0.454 e. The van der Waals surface area contributed by atoms with E-state index < -0.39 is 0 Å². The van der Waals surface area contributed by atoms with Gasteiger partial charge in [0.25, 0.3) is 0 Å². The summed E-state index contributed by atoms with van der Waals surface area (Å²) < 4.78 is 15.6. The average Bonchev–Trinajstić information content (AvgIpc) is 3.66. The predicted molar refractivity (Wildman–Crippen MR) is 156 cm³/mol. The van der Waals surface area contributed by atoms with Crippen LogP contribution < -0.4 is 14.4 Å². The summed E-state index contributed by atoms with van der Waals surface area (Å²) in [6.45, 7) is 5.61. The van der Waals surface area contributed by atoms with Crippen molar-refractivity contribution in [1.82, 2.24) is 19.2 Å². The molecular formula is C31H33N5O3S. The van der Waals surface area contributed by atoms with E-state index in [9.17, 15) is 4.79 Å². The first-order chi connectivity index (χ1) is 19.7. The minimum absolute atomic E-state index is 0.190. The largest absolute Gasteiger partial charge is 0.454 e. The summed E-state index contributed by atoms with van der Waals surface area (Å²) in [4.78, 5) is 24.7. The van der Waals surface area contributed by atoms with Crippen LogP contribution in [0.1, 0.15) is 28.9 Å². The zero-order valence-electron chi connectivity index (χ0n) is 22.4. The summed E-state index contributed by atoms with van der Waals surface area (Å²) in [5, 5.41) is 0.858. The molecule has 4 aromatic rings. The van der Waals surface area contributed by atoms with Crippen LogP contribution >= 0.6 is 11.5 Å². The van der Waals surface area contributed by atoms with Crippen LogP contribution in [0.3, 0.4) is 0 Å². The third-order valence-corrected chi connectivity index (χ3v) is 8.13. The number of rotatable bonds is 10. The summed E-state index contributed by atoms with van der Waals surface area (Å²) >= 11 is 1.41. The highest BCUT2D eigenvalue weighted by Crippen LogP contribution is 2.33. The lowest BCUT2D eigenvalue weighted by atomic mass is 10.1. The van der Waals surface area contributed by atoms with Crippen molar-refractivity contribution in [3.05, 3.63) is 101 Å². The van der Waals surface area contributed by atoms with E-state index in [0.29, 0.717) is 25.9 Å². The lowest BCUT2D eigenvalue weighted by Crippen LogP contribution is -2.48. The Morgan fingerprint density at radius 2 is 1.57 bits per heavy atom. The number of hydrogen-bond donors (Lipinski definition) is 0. The number of amides is 1. The van der Waals surface area contributed by atoms with Crippen LogP contribution in [0.2, 0.25) is 0 Å². The van der Waals surface area contributed by atoms with Crippen LogP contribution in [-0.4, -0.2) is 64.6 Å². The number of carbonyl (C=O) groups is 1. The van der Waals surface area contributed by atoms with Gasteiger partial charge in [0.2, 0.25) is 17.8 Å². The molecule has 1 amide bonds. The van der Waals surface area contributed by atoms with Crippen molar-refractivity contribution < 1.29 is 14.3 Å². The van der Waals surface area contributed by atoms with Crippen LogP contribution in [0.15, 0.2) is 78.9 Å². The molecule has 0 unspecified atom stereocenters. The van der Waals surface area contributed by atoms with Crippen molar-refractivity contribution in [2.24, 2.45) is 0 Å². The Labute approximate surface area is 238 Å². The first-order valence-electron chi connectivity index (χ1n) is 13.7. The second-order valence-electron chi connectivity index (χ2n) is 10.2. The molecule has 40 heavy (non-hydrogen) atoms. The Morgan fingerprint density at radius 1 is 0.850 bits per heavy atom. The zero-order chi connectivity index (χ0) is 27.1. The first kappa shape index (κ1) is 26.3. The molecule has 3 heterocycles. The fraction of sp³-hybridized carbons (Fsp3) is 0.323. The number of piperazine rings is 1. The van der Waals surface area contributed by atoms with Crippen LogP contribution in [-0.2, 0) is 24.3 Å². The second kappa shape index (κ2) is 12.5. The highest BCUT2D eigenvalue weighted by Gasteiger charge is 2.23. The third kappa shape index (κ3) is 6.60. The molecule has 1 saturated heterocycles. The van der Waals surface area contributed by atoms with Crippen molar-refractivity contribution in [2.75, 3.05) is 44.4 Å². The number of fused-ring (bicyclic) bond motifs is 1. The molecule has 0 spiro atoms. The van der Waals surface area contributed by atoms with E-state index in [-0.39, 0.29) is 12.7 Å².